The second-order valence-corrected chi connectivity index (χ2v) is 8.51. The lowest BCUT2D eigenvalue weighted by Gasteiger charge is -2.26. The van der Waals surface area contributed by atoms with Crippen LogP contribution in [-0.2, 0) is 20.8 Å². The van der Waals surface area contributed by atoms with Crippen molar-refractivity contribution in [3.05, 3.63) is 35.1 Å². The van der Waals surface area contributed by atoms with Gasteiger partial charge in [0.25, 0.3) is 5.96 Å². The molecule has 0 radical (unpaired) electrons. The Kier molecular flexibility index (Phi) is 12.0. The van der Waals surface area contributed by atoms with Crippen LogP contribution in [0.2, 0.25) is 0 Å². The van der Waals surface area contributed by atoms with Crippen LogP contribution >= 0.6 is 0 Å². The number of nitrogens with zero attached hydrogens (tertiary/aromatic N) is 4. The number of hydrogen-bond acceptors (Lipinski definition) is 5. The summed E-state index contributed by atoms with van der Waals surface area (Å²) in [5, 5.41) is 3.84. The predicted molar refractivity (Wildman–Crippen MR) is 129 cm³/mol. The fourth-order valence-corrected chi connectivity index (χ4v) is 3.92. The van der Waals surface area contributed by atoms with E-state index in [9.17, 15) is 18.0 Å². The van der Waals surface area contributed by atoms with Crippen LogP contribution in [0.15, 0.2) is 22.3 Å². The normalized spacial score (nSPS) is 19.1. The molecule has 35 heavy (non-hydrogen) atoms. The average Bonchev–Trinajstić information content (AvgIpc) is 3.28. The summed E-state index contributed by atoms with van der Waals surface area (Å²) in [6, 6.07) is 1.20. The number of benzene rings is 1. The summed E-state index contributed by atoms with van der Waals surface area (Å²) in [5.74, 6) is -2.52. The molecule has 1 aromatic rings. The highest BCUT2D eigenvalue weighted by Gasteiger charge is 2.26. The zero-order valence-corrected chi connectivity index (χ0v) is 20.5. The van der Waals surface area contributed by atoms with Crippen LogP contribution in [0, 0.1) is 17.5 Å². The van der Waals surface area contributed by atoms with Crippen molar-refractivity contribution in [1.29, 1.82) is 0 Å². The van der Waals surface area contributed by atoms with Crippen molar-refractivity contribution >= 4 is 18.6 Å². The number of rotatable bonds is 7. The van der Waals surface area contributed by atoms with Gasteiger partial charge in [-0.15, -0.1) is 0 Å². The topological polar surface area (TPSA) is 92.8 Å². The van der Waals surface area contributed by atoms with Crippen molar-refractivity contribution in [2.45, 2.75) is 58.0 Å². The molecule has 2 heterocycles. The number of oxime groups is 1. The minimum Gasteiger partial charge on any atom is -0.393 e. The highest BCUT2D eigenvalue weighted by Crippen LogP contribution is 2.19. The number of halogens is 3. The van der Waals surface area contributed by atoms with Crippen LogP contribution in [0.4, 0.5) is 13.2 Å². The van der Waals surface area contributed by atoms with E-state index in [0.29, 0.717) is 38.3 Å². The van der Waals surface area contributed by atoms with E-state index in [0.717, 1.165) is 38.5 Å². The van der Waals surface area contributed by atoms with Crippen LogP contribution in [0.5, 0.6) is 0 Å². The second-order valence-electron chi connectivity index (χ2n) is 8.51. The maximum absolute atomic E-state index is 13.5. The fraction of sp³-hybridized carbons (Fsp3) is 0.625. The van der Waals surface area contributed by atoms with E-state index in [1.54, 1.807) is 0 Å². The van der Waals surface area contributed by atoms with E-state index in [1.165, 1.54) is 0 Å². The maximum atomic E-state index is 13.5. The number of aryl methyl sites for hydroxylation is 1. The van der Waals surface area contributed by atoms with Crippen LogP contribution in [0.25, 0.3) is 0 Å². The van der Waals surface area contributed by atoms with Crippen LogP contribution < -0.4 is 5.73 Å². The number of likely N-dealkylation sites (tertiary alicyclic amines) is 1. The Balaban J connectivity index is 0.000000283. The molecule has 2 aliphatic rings. The number of carbonyl (C=O) groups excluding carboxylic acids is 1. The molecule has 1 unspecified atom stereocenters. The average molecular weight is 500 g/mol. The standard InChI is InChI=1S/C16H21F3N2O.C8H15N3O2/c1-10-3-2-6-21(10)16(22)8-12(20)5-4-11-7-14(18)15(19)9-13(11)17;1-3-13-10-8(9-2)11-4-6-12-7-5-11/h7,9-10,12H,2-6,8,20H2,1H3;2-7H2,1H3/b;10-8+/t10-,12?;/m1./s1. The lowest BCUT2D eigenvalue weighted by molar-refractivity contribution is -0.132. The van der Waals surface area contributed by atoms with Gasteiger partial charge in [0.2, 0.25) is 5.91 Å². The zero-order valence-electron chi connectivity index (χ0n) is 20.5. The van der Waals surface area contributed by atoms with Crippen molar-refractivity contribution in [3.63, 3.8) is 0 Å². The number of ether oxygens (including phenoxy) is 1. The van der Waals surface area contributed by atoms with E-state index in [-0.39, 0.29) is 30.4 Å². The molecule has 2 saturated heterocycles. The minimum absolute atomic E-state index is 0.00302. The van der Waals surface area contributed by atoms with Gasteiger partial charge in [-0.05, 0) is 63.0 Å². The summed E-state index contributed by atoms with van der Waals surface area (Å²) in [6.45, 7) is 11.6. The monoisotopic (exact) mass is 499 g/mol. The van der Waals surface area contributed by atoms with Gasteiger partial charge in [-0.3, -0.25) is 4.79 Å². The third-order valence-corrected chi connectivity index (χ3v) is 5.89. The number of hydrogen-bond donors (Lipinski definition) is 1. The molecule has 11 heteroatoms. The summed E-state index contributed by atoms with van der Waals surface area (Å²) in [6.07, 6.45) is 2.71. The molecule has 1 amide bonds. The molecular weight excluding hydrogens is 463 g/mol. The van der Waals surface area contributed by atoms with E-state index in [1.807, 2.05) is 23.6 Å². The Labute approximate surface area is 204 Å². The van der Waals surface area contributed by atoms with Gasteiger partial charge in [0.1, 0.15) is 12.4 Å². The van der Waals surface area contributed by atoms with E-state index >= 15 is 0 Å². The number of aliphatic imine (C=N–C) groups is 1. The minimum atomic E-state index is -1.20. The molecule has 8 nitrogen and oxygen atoms in total. The molecule has 0 aliphatic carbocycles. The third-order valence-electron chi connectivity index (χ3n) is 5.89. The zero-order chi connectivity index (χ0) is 25.8. The highest BCUT2D eigenvalue weighted by atomic mass is 19.2. The number of nitrogens with two attached hydrogens (primary N) is 1. The van der Waals surface area contributed by atoms with Gasteiger partial charge in [-0.1, -0.05) is 0 Å². The Bertz CT molecular complexity index is 865. The predicted octanol–water partition coefficient (Wildman–Crippen LogP) is 3.09. The quantitative estimate of drug-likeness (QED) is 0.269. The Morgan fingerprint density at radius 3 is 2.51 bits per heavy atom. The lowest BCUT2D eigenvalue weighted by Crippen LogP contribution is -2.40. The largest absolute Gasteiger partial charge is 0.393 e. The maximum Gasteiger partial charge on any atom is 0.261 e. The van der Waals surface area contributed by atoms with Crippen molar-refractivity contribution in [2.24, 2.45) is 15.9 Å². The molecule has 2 N–H and O–H groups in total. The van der Waals surface area contributed by atoms with Gasteiger partial charge in [0.05, 0.1) is 13.2 Å². The molecular formula is C24H36F3N5O3. The molecule has 2 fully saturated rings. The van der Waals surface area contributed by atoms with Gasteiger partial charge in [0, 0.05) is 44.2 Å². The Hall–Kier alpha value is -2.66. The third kappa shape index (κ3) is 9.14. The van der Waals surface area contributed by atoms with Crippen molar-refractivity contribution in [1.82, 2.24) is 9.80 Å². The van der Waals surface area contributed by atoms with Crippen molar-refractivity contribution in [2.75, 3.05) is 39.5 Å². The molecule has 2 atom stereocenters. The number of amides is 1. The number of morpholine rings is 1. The van der Waals surface area contributed by atoms with Gasteiger partial charge >= 0.3 is 0 Å². The van der Waals surface area contributed by atoms with E-state index in [2.05, 4.69) is 16.9 Å². The highest BCUT2D eigenvalue weighted by molar-refractivity contribution is 5.83. The Morgan fingerprint density at radius 1 is 1.23 bits per heavy atom. The van der Waals surface area contributed by atoms with Crippen LogP contribution in [-0.4, -0.2) is 79.9 Å². The molecule has 196 valence electrons. The summed E-state index contributed by atoms with van der Waals surface area (Å²) < 4.78 is 44.7. The first-order valence-electron chi connectivity index (χ1n) is 11.9. The first-order valence-corrected chi connectivity index (χ1v) is 11.9. The molecule has 3 rings (SSSR count). The molecule has 2 aliphatic heterocycles. The van der Waals surface area contributed by atoms with Crippen LogP contribution in [0.3, 0.4) is 0 Å². The first-order chi connectivity index (χ1) is 16.8. The van der Waals surface area contributed by atoms with Gasteiger partial charge < -0.3 is 25.1 Å². The number of guanidine groups is 1. The lowest BCUT2D eigenvalue weighted by atomic mass is 10.0. The SMILES string of the molecule is C=N/C(=N\OCC)N1CCOCC1.C[C@@H]1CCCN1C(=O)CC(N)CCc1cc(F)c(F)cc1F. The van der Waals surface area contributed by atoms with E-state index in [4.69, 9.17) is 15.3 Å². The van der Waals surface area contributed by atoms with Crippen LogP contribution in [0.1, 0.15) is 45.1 Å². The van der Waals surface area contributed by atoms with Crippen molar-refractivity contribution in [3.8, 4) is 0 Å². The second kappa shape index (κ2) is 14.7. The Morgan fingerprint density at radius 2 is 1.91 bits per heavy atom. The summed E-state index contributed by atoms with van der Waals surface area (Å²) in [5.41, 5.74) is 6.00. The fourth-order valence-electron chi connectivity index (χ4n) is 3.92. The first kappa shape index (κ1) is 28.6. The molecule has 1 aromatic carbocycles. The summed E-state index contributed by atoms with van der Waals surface area (Å²) in [4.78, 5) is 24.6. The van der Waals surface area contributed by atoms with Crippen molar-refractivity contribution < 1.29 is 27.5 Å². The smallest absolute Gasteiger partial charge is 0.261 e. The number of carbonyl (C=O) groups is 1. The van der Waals surface area contributed by atoms with E-state index < -0.39 is 23.5 Å². The molecule has 0 spiro atoms. The molecule has 0 aromatic heterocycles. The van der Waals surface area contributed by atoms with Gasteiger partial charge in [0.15, 0.2) is 11.6 Å². The summed E-state index contributed by atoms with van der Waals surface area (Å²) >= 11 is 0. The summed E-state index contributed by atoms with van der Waals surface area (Å²) in [7, 11) is 0. The van der Waals surface area contributed by atoms with Gasteiger partial charge in [-0.25, -0.2) is 18.2 Å². The molecule has 0 bridgehead atoms. The molecule has 0 saturated carbocycles. The van der Waals surface area contributed by atoms with Gasteiger partial charge in [-0.2, -0.15) is 0 Å².